The fourth-order valence-electron chi connectivity index (χ4n) is 1.81. The van der Waals surface area contributed by atoms with Gasteiger partial charge >= 0.3 is 0 Å². The summed E-state index contributed by atoms with van der Waals surface area (Å²) >= 11 is 5.81. The number of nitrogens with zero attached hydrogens (tertiary/aromatic N) is 1. The van der Waals surface area contributed by atoms with E-state index in [1.165, 1.54) is 4.31 Å². The summed E-state index contributed by atoms with van der Waals surface area (Å²) in [6, 6.07) is 6.90. The second kappa shape index (κ2) is 6.55. The summed E-state index contributed by atoms with van der Waals surface area (Å²) in [7, 11) is -3.44. The van der Waals surface area contributed by atoms with E-state index in [0.717, 1.165) is 0 Å². The van der Waals surface area contributed by atoms with Crippen molar-refractivity contribution in [2.75, 3.05) is 13.1 Å². The molecule has 0 unspecified atom stereocenters. The maximum absolute atomic E-state index is 12.5. The molecule has 1 aromatic carbocycles. The van der Waals surface area contributed by atoms with E-state index in [0.29, 0.717) is 29.5 Å². The zero-order valence-electron chi connectivity index (χ0n) is 11.1. The van der Waals surface area contributed by atoms with E-state index in [2.05, 4.69) is 0 Å². The molecule has 0 bridgehead atoms. The van der Waals surface area contributed by atoms with Crippen molar-refractivity contribution in [3.05, 3.63) is 29.8 Å². The van der Waals surface area contributed by atoms with Gasteiger partial charge in [-0.2, -0.15) is 4.31 Å². The van der Waals surface area contributed by atoms with Crippen LogP contribution in [-0.2, 0) is 15.9 Å². The van der Waals surface area contributed by atoms with Gasteiger partial charge in [-0.15, -0.1) is 11.6 Å². The van der Waals surface area contributed by atoms with Crippen LogP contribution in [0, 0.1) is 5.92 Å². The zero-order valence-corrected chi connectivity index (χ0v) is 12.6. The highest BCUT2D eigenvalue weighted by Gasteiger charge is 2.25. The lowest BCUT2D eigenvalue weighted by molar-refractivity contribution is 0.380. The van der Waals surface area contributed by atoms with E-state index in [-0.39, 0.29) is 5.88 Å². The van der Waals surface area contributed by atoms with E-state index in [9.17, 15) is 8.42 Å². The molecule has 0 heterocycles. The highest BCUT2D eigenvalue weighted by molar-refractivity contribution is 7.89. The number of sulfonamides is 1. The quantitative estimate of drug-likeness (QED) is 0.755. The largest absolute Gasteiger partial charge is 0.243 e. The molecule has 0 aliphatic carbocycles. The summed E-state index contributed by atoms with van der Waals surface area (Å²) in [4.78, 5) is 0.322. The van der Waals surface area contributed by atoms with Crippen LogP contribution < -0.4 is 0 Å². The summed E-state index contributed by atoms with van der Waals surface area (Å²) < 4.78 is 26.6. The van der Waals surface area contributed by atoms with Gasteiger partial charge in [-0.05, 0) is 17.5 Å². The lowest BCUT2D eigenvalue weighted by Crippen LogP contribution is -2.34. The van der Waals surface area contributed by atoms with Gasteiger partial charge in [-0.25, -0.2) is 8.42 Å². The van der Waals surface area contributed by atoms with Crippen LogP contribution in [0.4, 0.5) is 0 Å². The Morgan fingerprint density at radius 1 is 1.28 bits per heavy atom. The molecule has 0 spiro atoms. The molecule has 0 saturated carbocycles. The third-order valence-corrected chi connectivity index (χ3v) is 4.99. The predicted octanol–water partition coefficient (Wildman–Crippen LogP) is 3.09. The molecule has 0 radical (unpaired) electrons. The predicted molar refractivity (Wildman–Crippen MR) is 75.3 cm³/mol. The fraction of sp³-hybridized carbons (Fsp3) is 0.538. The topological polar surface area (TPSA) is 37.4 Å². The van der Waals surface area contributed by atoms with Gasteiger partial charge in [-0.3, -0.25) is 0 Å². The Hall–Kier alpha value is -0.580. The Morgan fingerprint density at radius 2 is 1.89 bits per heavy atom. The summed E-state index contributed by atoms with van der Waals surface area (Å²) in [6.07, 6.45) is 0. The molecule has 1 aromatic rings. The number of hydrogen-bond donors (Lipinski definition) is 0. The van der Waals surface area contributed by atoms with Crippen LogP contribution in [0.2, 0.25) is 0 Å². The average molecular weight is 290 g/mol. The highest BCUT2D eigenvalue weighted by atomic mass is 35.5. The number of alkyl halides is 1. The minimum Gasteiger partial charge on any atom is -0.207 e. The number of rotatable bonds is 6. The van der Waals surface area contributed by atoms with E-state index in [1.807, 2.05) is 20.8 Å². The molecule has 0 atom stereocenters. The molecule has 0 fully saturated rings. The van der Waals surface area contributed by atoms with Crippen molar-refractivity contribution in [3.63, 3.8) is 0 Å². The second-order valence-corrected chi connectivity index (χ2v) is 6.76. The highest BCUT2D eigenvalue weighted by Crippen LogP contribution is 2.22. The van der Waals surface area contributed by atoms with E-state index in [1.54, 1.807) is 24.3 Å². The van der Waals surface area contributed by atoms with Crippen LogP contribution in [0.1, 0.15) is 26.3 Å². The second-order valence-electron chi connectivity index (χ2n) is 4.59. The van der Waals surface area contributed by atoms with Gasteiger partial charge in [0.25, 0.3) is 0 Å². The first-order chi connectivity index (χ1) is 8.43. The Labute approximate surface area is 115 Å². The van der Waals surface area contributed by atoms with Crippen LogP contribution in [0.15, 0.2) is 29.2 Å². The smallest absolute Gasteiger partial charge is 0.207 e. The monoisotopic (exact) mass is 289 g/mol. The van der Waals surface area contributed by atoms with Gasteiger partial charge in [-0.1, -0.05) is 39.0 Å². The lowest BCUT2D eigenvalue weighted by atomic mass is 10.2. The summed E-state index contributed by atoms with van der Waals surface area (Å²) in [5.74, 6) is 0.497. The van der Waals surface area contributed by atoms with Crippen LogP contribution in [-0.4, -0.2) is 25.8 Å². The minimum atomic E-state index is -3.44. The molecule has 18 heavy (non-hydrogen) atoms. The van der Waals surface area contributed by atoms with Crippen LogP contribution in [0.25, 0.3) is 0 Å². The van der Waals surface area contributed by atoms with E-state index < -0.39 is 10.0 Å². The Kier molecular flexibility index (Phi) is 5.63. The van der Waals surface area contributed by atoms with Crippen molar-refractivity contribution in [2.45, 2.75) is 31.5 Å². The van der Waals surface area contributed by atoms with Gasteiger partial charge in [0.2, 0.25) is 10.0 Å². The third kappa shape index (κ3) is 3.46. The molecule has 0 aliphatic rings. The molecule has 0 N–H and O–H groups in total. The van der Waals surface area contributed by atoms with Crippen molar-refractivity contribution in [1.29, 1.82) is 0 Å². The number of benzene rings is 1. The van der Waals surface area contributed by atoms with E-state index in [4.69, 9.17) is 11.6 Å². The normalized spacial score (nSPS) is 12.3. The SMILES string of the molecule is CCN(CC(C)C)S(=O)(=O)c1ccccc1CCl. The van der Waals surface area contributed by atoms with Gasteiger partial charge in [0.15, 0.2) is 0 Å². The van der Waals surface area contributed by atoms with Crippen LogP contribution >= 0.6 is 11.6 Å². The minimum absolute atomic E-state index is 0.203. The van der Waals surface area contributed by atoms with E-state index >= 15 is 0 Å². The Balaban J connectivity index is 3.18. The molecule has 3 nitrogen and oxygen atoms in total. The van der Waals surface area contributed by atoms with Gasteiger partial charge in [0.1, 0.15) is 0 Å². The molecule has 5 heteroatoms. The molecule has 0 saturated heterocycles. The van der Waals surface area contributed by atoms with Crippen LogP contribution in [0.5, 0.6) is 0 Å². The molecule has 1 rings (SSSR count). The first kappa shape index (κ1) is 15.5. The third-order valence-electron chi connectivity index (χ3n) is 2.66. The zero-order chi connectivity index (χ0) is 13.8. The Morgan fingerprint density at radius 3 is 2.39 bits per heavy atom. The number of halogens is 1. The molecule has 102 valence electrons. The fourth-order valence-corrected chi connectivity index (χ4v) is 3.96. The Bertz CT molecular complexity index is 486. The van der Waals surface area contributed by atoms with Crippen molar-refractivity contribution in [3.8, 4) is 0 Å². The summed E-state index contributed by atoms with van der Waals surface area (Å²) in [6.45, 7) is 6.85. The number of hydrogen-bond acceptors (Lipinski definition) is 2. The first-order valence-electron chi connectivity index (χ1n) is 6.07. The molecule has 0 aromatic heterocycles. The van der Waals surface area contributed by atoms with Gasteiger partial charge in [0.05, 0.1) is 4.90 Å². The van der Waals surface area contributed by atoms with Gasteiger partial charge < -0.3 is 0 Å². The maximum atomic E-state index is 12.5. The molecular formula is C13H20ClNO2S. The molecule has 0 aliphatic heterocycles. The van der Waals surface area contributed by atoms with Crippen molar-refractivity contribution < 1.29 is 8.42 Å². The molecule has 0 amide bonds. The lowest BCUT2D eigenvalue weighted by Gasteiger charge is -2.23. The van der Waals surface area contributed by atoms with Crippen molar-refractivity contribution in [1.82, 2.24) is 4.31 Å². The molecular weight excluding hydrogens is 270 g/mol. The van der Waals surface area contributed by atoms with Crippen molar-refractivity contribution >= 4 is 21.6 Å². The summed E-state index contributed by atoms with van der Waals surface area (Å²) in [5, 5.41) is 0. The summed E-state index contributed by atoms with van der Waals surface area (Å²) in [5.41, 5.74) is 0.654. The maximum Gasteiger partial charge on any atom is 0.243 e. The van der Waals surface area contributed by atoms with Crippen molar-refractivity contribution in [2.24, 2.45) is 5.92 Å². The first-order valence-corrected chi connectivity index (χ1v) is 8.05. The van der Waals surface area contributed by atoms with Gasteiger partial charge in [0, 0.05) is 19.0 Å². The average Bonchev–Trinajstić information content (AvgIpc) is 2.35. The van der Waals surface area contributed by atoms with Crippen LogP contribution in [0.3, 0.4) is 0 Å². The standard InChI is InChI=1S/C13H20ClNO2S/c1-4-15(10-11(2)3)18(16,17)13-8-6-5-7-12(13)9-14/h5-8,11H,4,9-10H2,1-3H3.